The first kappa shape index (κ1) is 20.7. The number of anilines is 1. The molecule has 0 unspecified atom stereocenters. The number of nitrogens with one attached hydrogen (secondary N) is 1. The van der Waals surface area contributed by atoms with E-state index in [2.05, 4.69) is 10.3 Å². The van der Waals surface area contributed by atoms with Gasteiger partial charge in [-0.05, 0) is 64.3 Å². The minimum Gasteiger partial charge on any atom is -0.463 e. The second kappa shape index (κ2) is 9.39. The summed E-state index contributed by atoms with van der Waals surface area (Å²) >= 11 is 0. The van der Waals surface area contributed by atoms with Crippen molar-refractivity contribution in [2.24, 2.45) is 0 Å². The van der Waals surface area contributed by atoms with Crippen LogP contribution in [0.15, 0.2) is 24.4 Å². The van der Waals surface area contributed by atoms with Gasteiger partial charge in [-0.1, -0.05) is 0 Å². The number of aromatic nitrogens is 1. The summed E-state index contributed by atoms with van der Waals surface area (Å²) in [4.78, 5) is 29.7. The van der Waals surface area contributed by atoms with Crippen molar-refractivity contribution >= 4 is 24.0 Å². The predicted octanol–water partition coefficient (Wildman–Crippen LogP) is 3.47. The van der Waals surface area contributed by atoms with Crippen LogP contribution in [0.4, 0.5) is 10.6 Å². The number of piperidine rings is 1. The molecule has 148 valence electrons. The summed E-state index contributed by atoms with van der Waals surface area (Å²) < 4.78 is 10.3. The molecule has 1 amide bonds. The molecule has 1 fully saturated rings. The van der Waals surface area contributed by atoms with Crippen LogP contribution >= 0.6 is 0 Å². The van der Waals surface area contributed by atoms with E-state index in [1.165, 1.54) is 6.08 Å². The molecule has 2 heterocycles. The third-order valence-electron chi connectivity index (χ3n) is 3.91. The van der Waals surface area contributed by atoms with Gasteiger partial charge in [0.1, 0.15) is 11.4 Å². The fraction of sp³-hybridized carbons (Fsp3) is 0.550. The number of rotatable bonds is 5. The lowest BCUT2D eigenvalue weighted by Gasteiger charge is -2.34. The predicted molar refractivity (Wildman–Crippen MR) is 104 cm³/mol. The lowest BCUT2D eigenvalue weighted by atomic mass is 10.1. The molecule has 0 aromatic carbocycles. The fourth-order valence-electron chi connectivity index (χ4n) is 2.74. The highest BCUT2D eigenvalue weighted by Crippen LogP contribution is 2.18. The van der Waals surface area contributed by atoms with E-state index in [1.807, 2.05) is 32.9 Å². The van der Waals surface area contributed by atoms with Crippen LogP contribution in [0, 0.1) is 0 Å². The molecule has 1 N–H and O–H groups in total. The van der Waals surface area contributed by atoms with Crippen LogP contribution in [0.25, 0.3) is 6.08 Å². The van der Waals surface area contributed by atoms with Crippen LogP contribution in [0.1, 0.15) is 46.1 Å². The lowest BCUT2D eigenvalue weighted by molar-refractivity contribution is -0.137. The summed E-state index contributed by atoms with van der Waals surface area (Å²) in [5, 5.41) is 3.36. The lowest BCUT2D eigenvalue weighted by Crippen LogP contribution is -2.47. The molecular formula is C20H29N3O4. The molecule has 1 atom stereocenters. The van der Waals surface area contributed by atoms with Crippen molar-refractivity contribution in [2.45, 2.75) is 52.2 Å². The van der Waals surface area contributed by atoms with Crippen molar-refractivity contribution < 1.29 is 19.1 Å². The van der Waals surface area contributed by atoms with E-state index in [1.54, 1.807) is 24.1 Å². The van der Waals surface area contributed by atoms with E-state index in [4.69, 9.17) is 9.47 Å². The molecule has 1 aliphatic heterocycles. The Bertz CT molecular complexity index is 665. The van der Waals surface area contributed by atoms with Crippen LogP contribution in [-0.4, -0.2) is 53.3 Å². The normalized spacial score (nSPS) is 17.6. The van der Waals surface area contributed by atoms with Crippen molar-refractivity contribution in [1.82, 2.24) is 9.88 Å². The minimum absolute atomic E-state index is 0.125. The number of nitrogens with zero attached hydrogens (tertiary/aromatic N) is 2. The quantitative estimate of drug-likeness (QED) is 0.627. The van der Waals surface area contributed by atoms with Gasteiger partial charge < -0.3 is 19.7 Å². The number of carbonyl (C=O) groups is 2. The molecule has 0 aliphatic carbocycles. The van der Waals surface area contributed by atoms with Crippen LogP contribution < -0.4 is 5.32 Å². The molecule has 0 saturated carbocycles. The maximum Gasteiger partial charge on any atom is 0.410 e. The van der Waals surface area contributed by atoms with Crippen molar-refractivity contribution in [2.75, 3.05) is 25.0 Å². The molecule has 2 rings (SSSR count). The summed E-state index contributed by atoms with van der Waals surface area (Å²) in [5.74, 6) is 0.364. The van der Waals surface area contributed by atoms with Gasteiger partial charge in [0.15, 0.2) is 0 Å². The molecule has 0 radical (unpaired) electrons. The van der Waals surface area contributed by atoms with Crippen molar-refractivity contribution in [3.05, 3.63) is 30.0 Å². The zero-order valence-corrected chi connectivity index (χ0v) is 16.5. The third kappa shape index (κ3) is 7.29. The Morgan fingerprint density at radius 1 is 1.37 bits per heavy atom. The molecule has 1 aliphatic rings. The number of hydrogen-bond acceptors (Lipinski definition) is 6. The SMILES string of the molecule is CCOC(=O)/C=C/c1ccc(N[C@@H]2CCCN(C(=O)OC(C)(C)C)C2)nc1. The van der Waals surface area contributed by atoms with Gasteiger partial charge in [-0.3, -0.25) is 0 Å². The first-order chi connectivity index (χ1) is 12.8. The maximum absolute atomic E-state index is 12.2. The molecular weight excluding hydrogens is 346 g/mol. The fourth-order valence-corrected chi connectivity index (χ4v) is 2.74. The summed E-state index contributed by atoms with van der Waals surface area (Å²) in [6.45, 7) is 9.01. The number of ether oxygens (including phenoxy) is 2. The van der Waals surface area contributed by atoms with Gasteiger partial charge in [-0.25, -0.2) is 14.6 Å². The number of likely N-dealkylation sites (tertiary alicyclic amines) is 1. The zero-order chi connectivity index (χ0) is 19.9. The number of esters is 1. The average molecular weight is 375 g/mol. The van der Waals surface area contributed by atoms with E-state index in [0.717, 1.165) is 24.2 Å². The van der Waals surface area contributed by atoms with Gasteiger partial charge in [-0.2, -0.15) is 0 Å². The molecule has 27 heavy (non-hydrogen) atoms. The van der Waals surface area contributed by atoms with Crippen molar-refractivity contribution in [1.29, 1.82) is 0 Å². The Kier molecular flexibility index (Phi) is 7.21. The van der Waals surface area contributed by atoms with Gasteiger partial charge in [0.25, 0.3) is 0 Å². The highest BCUT2D eigenvalue weighted by molar-refractivity contribution is 5.86. The molecule has 1 saturated heterocycles. The first-order valence-corrected chi connectivity index (χ1v) is 9.32. The van der Waals surface area contributed by atoms with Gasteiger partial charge in [0.05, 0.1) is 6.61 Å². The van der Waals surface area contributed by atoms with Crippen LogP contribution in [0.3, 0.4) is 0 Å². The first-order valence-electron chi connectivity index (χ1n) is 9.32. The summed E-state index contributed by atoms with van der Waals surface area (Å²) in [6.07, 6.45) is 6.34. The largest absolute Gasteiger partial charge is 0.463 e. The second-order valence-electron chi connectivity index (χ2n) is 7.47. The van der Waals surface area contributed by atoms with Gasteiger partial charge in [0, 0.05) is 31.4 Å². The summed E-state index contributed by atoms with van der Waals surface area (Å²) in [7, 11) is 0. The second-order valence-corrected chi connectivity index (χ2v) is 7.47. The van der Waals surface area contributed by atoms with Gasteiger partial charge >= 0.3 is 12.1 Å². The number of hydrogen-bond donors (Lipinski definition) is 1. The van der Waals surface area contributed by atoms with E-state index in [0.29, 0.717) is 19.7 Å². The van der Waals surface area contributed by atoms with Crippen LogP contribution in [0.2, 0.25) is 0 Å². The third-order valence-corrected chi connectivity index (χ3v) is 3.91. The molecule has 7 heteroatoms. The Morgan fingerprint density at radius 2 is 2.15 bits per heavy atom. The Labute approximate surface area is 160 Å². The molecule has 7 nitrogen and oxygen atoms in total. The number of carbonyl (C=O) groups excluding carboxylic acids is 2. The monoisotopic (exact) mass is 375 g/mol. The molecule has 0 spiro atoms. The van der Waals surface area contributed by atoms with Crippen LogP contribution in [-0.2, 0) is 14.3 Å². The highest BCUT2D eigenvalue weighted by atomic mass is 16.6. The topological polar surface area (TPSA) is 80.8 Å². The Morgan fingerprint density at radius 3 is 2.78 bits per heavy atom. The van der Waals surface area contributed by atoms with Gasteiger partial charge in [0.2, 0.25) is 0 Å². The maximum atomic E-state index is 12.2. The molecule has 1 aromatic rings. The average Bonchev–Trinajstić information content (AvgIpc) is 2.60. The van der Waals surface area contributed by atoms with E-state index in [9.17, 15) is 9.59 Å². The minimum atomic E-state index is -0.494. The van der Waals surface area contributed by atoms with Gasteiger partial charge in [-0.15, -0.1) is 0 Å². The van der Waals surface area contributed by atoms with Crippen molar-refractivity contribution in [3.63, 3.8) is 0 Å². The van der Waals surface area contributed by atoms with E-state index >= 15 is 0 Å². The molecule has 0 bridgehead atoms. The van der Waals surface area contributed by atoms with Crippen LogP contribution in [0.5, 0.6) is 0 Å². The summed E-state index contributed by atoms with van der Waals surface area (Å²) in [5.41, 5.74) is 0.318. The highest BCUT2D eigenvalue weighted by Gasteiger charge is 2.27. The smallest absolute Gasteiger partial charge is 0.410 e. The molecule has 1 aromatic heterocycles. The Balaban J connectivity index is 1.89. The van der Waals surface area contributed by atoms with E-state index in [-0.39, 0.29) is 18.1 Å². The number of pyridine rings is 1. The van der Waals surface area contributed by atoms with E-state index < -0.39 is 5.60 Å². The standard InChI is InChI=1S/C20H29N3O4/c1-5-26-18(24)11-9-15-8-10-17(21-13-15)22-16-7-6-12-23(14-16)19(25)27-20(2,3)4/h8-11,13,16H,5-7,12,14H2,1-4H3,(H,21,22)/b11-9+/t16-/m1/s1. The summed E-state index contributed by atoms with van der Waals surface area (Å²) in [6, 6.07) is 3.86. The van der Waals surface area contributed by atoms with Crippen molar-refractivity contribution in [3.8, 4) is 0 Å². The number of amides is 1. The Hall–Kier alpha value is -2.57. The zero-order valence-electron chi connectivity index (χ0n) is 16.5.